The maximum absolute atomic E-state index is 13.9. The highest BCUT2D eigenvalue weighted by molar-refractivity contribution is 7.89. The SMILES string of the molecule is CON(C)S(=O)(=O)c1cc(C(=O)Nc2cc(C(N)=O)c(F)cc2F)ccc1Cl. The molecule has 2 aromatic rings. The van der Waals surface area contributed by atoms with Gasteiger partial charge in [-0.3, -0.25) is 14.4 Å². The van der Waals surface area contributed by atoms with Crippen LogP contribution in [0.2, 0.25) is 5.02 Å². The molecule has 0 aromatic heterocycles. The molecule has 150 valence electrons. The molecule has 8 nitrogen and oxygen atoms in total. The number of sulfonamides is 1. The van der Waals surface area contributed by atoms with Gasteiger partial charge in [0.25, 0.3) is 21.8 Å². The standard InChI is InChI=1S/C16H14ClF2N3O5S/c1-22(27-2)28(25,26)14-5-8(3-4-10(14)17)16(24)21-13-6-9(15(20)23)11(18)7-12(13)19/h3-7H,1-2H3,(H2,20,23)(H,21,24). The number of anilines is 1. The molecule has 0 saturated carbocycles. The quantitative estimate of drug-likeness (QED) is 0.676. The zero-order valence-electron chi connectivity index (χ0n) is 14.5. The molecule has 0 aliphatic rings. The summed E-state index contributed by atoms with van der Waals surface area (Å²) in [5.41, 5.74) is 3.65. The molecule has 0 spiro atoms. The van der Waals surface area contributed by atoms with Gasteiger partial charge >= 0.3 is 0 Å². The minimum absolute atomic E-state index is 0.176. The summed E-state index contributed by atoms with van der Waals surface area (Å²) in [6.07, 6.45) is 0. The molecule has 0 aliphatic heterocycles. The fourth-order valence-electron chi connectivity index (χ4n) is 2.11. The molecule has 0 fully saturated rings. The zero-order chi connectivity index (χ0) is 21.2. The van der Waals surface area contributed by atoms with Gasteiger partial charge in [-0.25, -0.2) is 17.2 Å². The number of carbonyl (C=O) groups excluding carboxylic acids is 2. The second-order valence-electron chi connectivity index (χ2n) is 5.37. The highest BCUT2D eigenvalue weighted by Gasteiger charge is 2.25. The van der Waals surface area contributed by atoms with Crippen molar-refractivity contribution in [3.8, 4) is 0 Å². The monoisotopic (exact) mass is 433 g/mol. The van der Waals surface area contributed by atoms with Crippen molar-refractivity contribution in [3.05, 3.63) is 58.1 Å². The summed E-state index contributed by atoms with van der Waals surface area (Å²) < 4.78 is 52.7. The molecule has 0 radical (unpaired) electrons. The van der Waals surface area contributed by atoms with E-state index in [9.17, 15) is 26.8 Å². The molecule has 0 unspecified atom stereocenters. The van der Waals surface area contributed by atoms with Crippen LogP contribution < -0.4 is 11.1 Å². The Kier molecular flexibility index (Phi) is 6.34. The molecule has 0 bridgehead atoms. The maximum Gasteiger partial charge on any atom is 0.266 e. The van der Waals surface area contributed by atoms with E-state index in [1.54, 1.807) is 0 Å². The summed E-state index contributed by atoms with van der Waals surface area (Å²) in [6, 6.07) is 4.43. The van der Waals surface area contributed by atoms with E-state index in [4.69, 9.17) is 17.3 Å². The van der Waals surface area contributed by atoms with Gasteiger partial charge in [0.2, 0.25) is 0 Å². The predicted octanol–water partition coefficient (Wildman–Crippen LogP) is 2.15. The number of nitrogens with zero attached hydrogens (tertiary/aromatic N) is 1. The van der Waals surface area contributed by atoms with E-state index in [1.807, 2.05) is 0 Å². The van der Waals surface area contributed by atoms with Crippen LogP contribution in [-0.4, -0.2) is 38.9 Å². The smallest absolute Gasteiger partial charge is 0.266 e. The Hall–Kier alpha value is -2.60. The van der Waals surface area contributed by atoms with Gasteiger partial charge < -0.3 is 11.1 Å². The molecule has 2 amide bonds. The third-order valence-electron chi connectivity index (χ3n) is 3.64. The first-order chi connectivity index (χ1) is 13.0. The predicted molar refractivity (Wildman–Crippen MR) is 96.2 cm³/mol. The lowest BCUT2D eigenvalue weighted by atomic mass is 10.1. The number of carbonyl (C=O) groups is 2. The summed E-state index contributed by atoms with van der Waals surface area (Å²) in [5, 5.41) is 1.94. The summed E-state index contributed by atoms with van der Waals surface area (Å²) >= 11 is 5.90. The Morgan fingerprint density at radius 1 is 1.18 bits per heavy atom. The van der Waals surface area contributed by atoms with E-state index in [2.05, 4.69) is 10.2 Å². The summed E-state index contributed by atoms with van der Waals surface area (Å²) in [7, 11) is -1.92. The molecule has 0 atom stereocenters. The first-order valence-electron chi connectivity index (χ1n) is 7.41. The van der Waals surface area contributed by atoms with Crippen molar-refractivity contribution in [2.75, 3.05) is 19.5 Å². The van der Waals surface area contributed by atoms with Crippen LogP contribution in [0.5, 0.6) is 0 Å². The van der Waals surface area contributed by atoms with Gasteiger partial charge in [0.05, 0.1) is 23.4 Å². The van der Waals surface area contributed by atoms with Gasteiger partial charge in [-0.15, -0.1) is 0 Å². The number of hydroxylamine groups is 1. The number of hydrogen-bond donors (Lipinski definition) is 2. The fraction of sp³-hybridized carbons (Fsp3) is 0.125. The van der Waals surface area contributed by atoms with Crippen LogP contribution in [0.15, 0.2) is 35.2 Å². The van der Waals surface area contributed by atoms with Gasteiger partial charge in [0.1, 0.15) is 16.5 Å². The van der Waals surface area contributed by atoms with Crippen LogP contribution in [0.1, 0.15) is 20.7 Å². The van der Waals surface area contributed by atoms with E-state index in [1.165, 1.54) is 6.07 Å². The van der Waals surface area contributed by atoms with Gasteiger partial charge in [-0.1, -0.05) is 16.1 Å². The van der Waals surface area contributed by atoms with Gasteiger partial charge in [-0.2, -0.15) is 0 Å². The van der Waals surface area contributed by atoms with Crippen molar-refractivity contribution in [1.82, 2.24) is 4.47 Å². The molecule has 3 N–H and O–H groups in total. The number of nitrogens with two attached hydrogens (primary N) is 1. The van der Waals surface area contributed by atoms with Crippen LogP contribution in [-0.2, 0) is 14.9 Å². The van der Waals surface area contributed by atoms with E-state index < -0.39 is 49.6 Å². The van der Waals surface area contributed by atoms with E-state index >= 15 is 0 Å². The second kappa shape index (κ2) is 8.19. The maximum atomic E-state index is 13.9. The zero-order valence-corrected chi connectivity index (χ0v) is 16.1. The lowest BCUT2D eigenvalue weighted by Gasteiger charge is -2.16. The Labute approximate surface area is 163 Å². The number of rotatable bonds is 6. The van der Waals surface area contributed by atoms with Crippen LogP contribution in [0.3, 0.4) is 0 Å². The molecular formula is C16H14ClF2N3O5S. The van der Waals surface area contributed by atoms with Crippen molar-refractivity contribution < 1.29 is 31.6 Å². The molecular weight excluding hydrogens is 420 g/mol. The molecule has 0 aliphatic carbocycles. The number of hydrogen-bond acceptors (Lipinski definition) is 5. The topological polar surface area (TPSA) is 119 Å². The molecule has 28 heavy (non-hydrogen) atoms. The van der Waals surface area contributed by atoms with Gasteiger partial charge in [0.15, 0.2) is 0 Å². The molecule has 0 saturated heterocycles. The van der Waals surface area contributed by atoms with E-state index in [0.29, 0.717) is 10.5 Å². The number of benzene rings is 2. The Bertz CT molecular complexity index is 1060. The van der Waals surface area contributed by atoms with Crippen molar-refractivity contribution in [3.63, 3.8) is 0 Å². The number of nitrogens with one attached hydrogen (secondary N) is 1. The third-order valence-corrected chi connectivity index (χ3v) is 5.80. The lowest BCUT2D eigenvalue weighted by molar-refractivity contribution is -0.0258. The lowest BCUT2D eigenvalue weighted by Crippen LogP contribution is -2.26. The second-order valence-corrected chi connectivity index (χ2v) is 7.68. The van der Waals surface area contributed by atoms with Crippen molar-refractivity contribution in [2.45, 2.75) is 4.90 Å². The third kappa shape index (κ3) is 4.28. The van der Waals surface area contributed by atoms with Gasteiger partial charge in [0, 0.05) is 18.7 Å². The minimum Gasteiger partial charge on any atom is -0.366 e. The first kappa shape index (κ1) is 21.7. The summed E-state index contributed by atoms with van der Waals surface area (Å²) in [6.45, 7) is 0. The van der Waals surface area contributed by atoms with Crippen LogP contribution in [0.4, 0.5) is 14.5 Å². The number of halogens is 3. The Balaban J connectivity index is 2.43. The Morgan fingerprint density at radius 2 is 1.82 bits per heavy atom. The largest absolute Gasteiger partial charge is 0.366 e. The molecule has 2 aromatic carbocycles. The highest BCUT2D eigenvalue weighted by Crippen LogP contribution is 2.26. The molecule has 12 heteroatoms. The average molecular weight is 434 g/mol. The Morgan fingerprint density at radius 3 is 2.39 bits per heavy atom. The van der Waals surface area contributed by atoms with Crippen molar-refractivity contribution in [1.29, 1.82) is 0 Å². The van der Waals surface area contributed by atoms with Crippen molar-refractivity contribution in [2.24, 2.45) is 5.73 Å². The average Bonchev–Trinajstić information content (AvgIpc) is 2.62. The summed E-state index contributed by atoms with van der Waals surface area (Å²) in [4.78, 5) is 27.8. The number of amides is 2. The normalized spacial score (nSPS) is 11.5. The number of primary amides is 1. The fourth-order valence-corrected chi connectivity index (χ4v) is 3.58. The van der Waals surface area contributed by atoms with Gasteiger partial charge in [-0.05, 0) is 24.3 Å². The minimum atomic E-state index is -4.17. The van der Waals surface area contributed by atoms with Crippen LogP contribution in [0, 0.1) is 11.6 Å². The van der Waals surface area contributed by atoms with E-state index in [0.717, 1.165) is 32.4 Å². The molecule has 2 rings (SSSR count). The molecule has 0 heterocycles. The summed E-state index contributed by atoms with van der Waals surface area (Å²) in [5.74, 6) is -4.44. The highest BCUT2D eigenvalue weighted by atomic mass is 35.5. The van der Waals surface area contributed by atoms with Crippen LogP contribution >= 0.6 is 11.6 Å². The van der Waals surface area contributed by atoms with E-state index in [-0.39, 0.29) is 10.6 Å². The van der Waals surface area contributed by atoms with Crippen LogP contribution in [0.25, 0.3) is 0 Å². The van der Waals surface area contributed by atoms with Crippen molar-refractivity contribution >= 4 is 39.1 Å². The first-order valence-corrected chi connectivity index (χ1v) is 9.23.